The molecule has 0 atom stereocenters. The minimum absolute atomic E-state index is 0.263. The van der Waals surface area contributed by atoms with Crippen LogP contribution in [0, 0.1) is 11.3 Å². The van der Waals surface area contributed by atoms with Crippen LogP contribution in [-0.4, -0.2) is 25.0 Å². The lowest BCUT2D eigenvalue weighted by Gasteiger charge is -2.05. The zero-order valence-corrected chi connectivity index (χ0v) is 9.06. The van der Waals surface area contributed by atoms with Gasteiger partial charge in [0.25, 0.3) is 5.91 Å². The average Bonchev–Trinajstić information content (AvgIpc) is 2.34. The average molecular weight is 232 g/mol. The summed E-state index contributed by atoms with van der Waals surface area (Å²) in [5, 5.41) is 13.5. The molecule has 6 nitrogen and oxygen atoms in total. The maximum absolute atomic E-state index is 11.6. The van der Waals surface area contributed by atoms with Crippen molar-refractivity contribution in [2.75, 3.05) is 13.1 Å². The quantitative estimate of drug-likeness (QED) is 0.633. The normalized spacial score (nSPS) is 9.12. The SMILES string of the molecule is N#Cc1ccc(C(=O)NCCNC(N)=O)cc1. The van der Waals surface area contributed by atoms with Gasteiger partial charge in [-0.2, -0.15) is 5.26 Å². The van der Waals surface area contributed by atoms with E-state index in [0.717, 1.165) is 0 Å². The van der Waals surface area contributed by atoms with E-state index in [1.807, 2.05) is 6.07 Å². The Hall–Kier alpha value is -2.55. The Morgan fingerprint density at radius 1 is 1.18 bits per heavy atom. The van der Waals surface area contributed by atoms with Gasteiger partial charge in [-0.15, -0.1) is 0 Å². The molecule has 0 bridgehead atoms. The van der Waals surface area contributed by atoms with E-state index in [-0.39, 0.29) is 12.5 Å². The smallest absolute Gasteiger partial charge is 0.312 e. The molecule has 0 aliphatic rings. The third-order valence-corrected chi connectivity index (χ3v) is 1.99. The van der Waals surface area contributed by atoms with Crippen molar-refractivity contribution in [3.63, 3.8) is 0 Å². The highest BCUT2D eigenvalue weighted by atomic mass is 16.2. The van der Waals surface area contributed by atoms with Gasteiger partial charge in [0.2, 0.25) is 0 Å². The highest BCUT2D eigenvalue weighted by Crippen LogP contribution is 2.02. The van der Waals surface area contributed by atoms with Crippen LogP contribution < -0.4 is 16.4 Å². The summed E-state index contributed by atoms with van der Waals surface area (Å²) in [6.45, 7) is 0.569. The summed E-state index contributed by atoms with van der Waals surface area (Å²) in [7, 11) is 0. The minimum Gasteiger partial charge on any atom is -0.352 e. The summed E-state index contributed by atoms with van der Waals surface area (Å²) < 4.78 is 0. The Bertz CT molecular complexity index is 448. The Balaban J connectivity index is 2.42. The van der Waals surface area contributed by atoms with Gasteiger partial charge < -0.3 is 16.4 Å². The number of rotatable bonds is 4. The number of hydrogen-bond donors (Lipinski definition) is 3. The molecular formula is C11H12N4O2. The summed E-state index contributed by atoms with van der Waals surface area (Å²) in [6, 6.07) is 7.60. The van der Waals surface area contributed by atoms with Crippen molar-refractivity contribution >= 4 is 11.9 Å². The van der Waals surface area contributed by atoms with Gasteiger partial charge in [-0.3, -0.25) is 4.79 Å². The Labute approximate surface area is 98.4 Å². The van der Waals surface area contributed by atoms with Crippen molar-refractivity contribution in [1.82, 2.24) is 10.6 Å². The van der Waals surface area contributed by atoms with Crippen LogP contribution in [-0.2, 0) is 0 Å². The molecule has 0 aromatic heterocycles. The largest absolute Gasteiger partial charge is 0.352 e. The lowest BCUT2D eigenvalue weighted by Crippen LogP contribution is -2.37. The molecule has 0 saturated heterocycles. The van der Waals surface area contributed by atoms with Crippen LogP contribution in [0.3, 0.4) is 0 Å². The van der Waals surface area contributed by atoms with E-state index < -0.39 is 6.03 Å². The van der Waals surface area contributed by atoms with E-state index in [4.69, 9.17) is 11.0 Å². The molecule has 3 amide bonds. The Morgan fingerprint density at radius 2 is 1.76 bits per heavy atom. The number of nitrogens with one attached hydrogen (secondary N) is 2. The molecule has 1 aromatic rings. The van der Waals surface area contributed by atoms with Gasteiger partial charge in [-0.05, 0) is 24.3 Å². The molecule has 0 heterocycles. The summed E-state index contributed by atoms with van der Waals surface area (Å²) in [5.74, 6) is -0.263. The second kappa shape index (κ2) is 6.12. The zero-order chi connectivity index (χ0) is 12.7. The second-order valence-corrected chi connectivity index (χ2v) is 3.24. The highest BCUT2D eigenvalue weighted by molar-refractivity contribution is 5.94. The molecule has 0 aliphatic heterocycles. The number of nitrogens with zero attached hydrogens (tertiary/aromatic N) is 1. The first-order chi connectivity index (χ1) is 8.13. The van der Waals surface area contributed by atoms with Crippen LogP contribution in [0.15, 0.2) is 24.3 Å². The second-order valence-electron chi connectivity index (χ2n) is 3.24. The van der Waals surface area contributed by atoms with Gasteiger partial charge in [0, 0.05) is 18.7 Å². The van der Waals surface area contributed by atoms with Gasteiger partial charge >= 0.3 is 6.03 Å². The number of primary amides is 1. The first-order valence-corrected chi connectivity index (χ1v) is 4.95. The van der Waals surface area contributed by atoms with E-state index in [0.29, 0.717) is 17.7 Å². The first kappa shape index (κ1) is 12.5. The van der Waals surface area contributed by atoms with E-state index in [1.165, 1.54) is 0 Å². The number of hydrogen-bond acceptors (Lipinski definition) is 3. The molecule has 6 heteroatoms. The van der Waals surface area contributed by atoms with Gasteiger partial charge in [0.05, 0.1) is 11.6 Å². The molecule has 1 rings (SSSR count). The number of carbonyl (C=O) groups excluding carboxylic acids is 2. The molecule has 4 N–H and O–H groups in total. The molecule has 0 spiro atoms. The van der Waals surface area contributed by atoms with Crippen molar-refractivity contribution in [2.24, 2.45) is 5.73 Å². The first-order valence-electron chi connectivity index (χ1n) is 4.95. The summed E-state index contributed by atoms with van der Waals surface area (Å²) >= 11 is 0. The topological polar surface area (TPSA) is 108 Å². The Morgan fingerprint density at radius 3 is 2.29 bits per heavy atom. The van der Waals surface area contributed by atoms with Crippen molar-refractivity contribution in [1.29, 1.82) is 5.26 Å². The molecule has 0 aliphatic carbocycles. The van der Waals surface area contributed by atoms with Crippen molar-refractivity contribution in [3.05, 3.63) is 35.4 Å². The maximum atomic E-state index is 11.6. The number of carbonyl (C=O) groups is 2. The molecule has 0 radical (unpaired) electrons. The van der Waals surface area contributed by atoms with Crippen LogP contribution in [0.1, 0.15) is 15.9 Å². The maximum Gasteiger partial charge on any atom is 0.312 e. The van der Waals surface area contributed by atoms with Gasteiger partial charge in [-0.25, -0.2) is 4.79 Å². The molecule has 0 saturated carbocycles. The minimum atomic E-state index is -0.627. The fourth-order valence-corrected chi connectivity index (χ4v) is 1.16. The molecular weight excluding hydrogens is 220 g/mol. The van der Waals surface area contributed by atoms with Crippen LogP contribution in [0.4, 0.5) is 4.79 Å². The lowest BCUT2D eigenvalue weighted by atomic mass is 10.1. The number of nitriles is 1. The number of urea groups is 1. The predicted molar refractivity (Wildman–Crippen MR) is 61.1 cm³/mol. The van der Waals surface area contributed by atoms with Gasteiger partial charge in [0.1, 0.15) is 0 Å². The third-order valence-electron chi connectivity index (χ3n) is 1.99. The summed E-state index contributed by atoms with van der Waals surface area (Å²) in [4.78, 5) is 21.9. The Kier molecular flexibility index (Phi) is 4.51. The highest BCUT2D eigenvalue weighted by Gasteiger charge is 2.04. The summed E-state index contributed by atoms with van der Waals surface area (Å²) in [6.07, 6.45) is 0. The number of benzene rings is 1. The molecule has 1 aromatic carbocycles. The monoisotopic (exact) mass is 232 g/mol. The van der Waals surface area contributed by atoms with Crippen LogP contribution >= 0.6 is 0 Å². The number of amides is 3. The van der Waals surface area contributed by atoms with Crippen LogP contribution in [0.25, 0.3) is 0 Å². The van der Waals surface area contributed by atoms with Gasteiger partial charge in [0.15, 0.2) is 0 Å². The molecule has 0 unspecified atom stereocenters. The standard InChI is InChI=1S/C11H12N4O2/c12-7-8-1-3-9(4-2-8)10(16)14-5-6-15-11(13)17/h1-4H,5-6H2,(H,14,16)(H3,13,15,17). The predicted octanol–water partition coefficient (Wildman–Crippen LogP) is -0.0436. The number of nitrogens with two attached hydrogens (primary N) is 1. The zero-order valence-electron chi connectivity index (χ0n) is 9.06. The molecule has 0 fully saturated rings. The summed E-state index contributed by atoms with van der Waals surface area (Å²) in [5.41, 5.74) is 5.82. The van der Waals surface area contributed by atoms with E-state index in [2.05, 4.69) is 10.6 Å². The van der Waals surface area contributed by atoms with Crippen molar-refractivity contribution in [2.45, 2.75) is 0 Å². The fraction of sp³-hybridized carbons (Fsp3) is 0.182. The van der Waals surface area contributed by atoms with Crippen molar-refractivity contribution < 1.29 is 9.59 Å². The van der Waals surface area contributed by atoms with Crippen LogP contribution in [0.5, 0.6) is 0 Å². The van der Waals surface area contributed by atoms with Crippen molar-refractivity contribution in [3.8, 4) is 6.07 Å². The van der Waals surface area contributed by atoms with E-state index >= 15 is 0 Å². The van der Waals surface area contributed by atoms with E-state index in [9.17, 15) is 9.59 Å². The molecule has 88 valence electrons. The lowest BCUT2D eigenvalue weighted by molar-refractivity contribution is 0.0954. The molecule has 17 heavy (non-hydrogen) atoms. The fourth-order valence-electron chi connectivity index (χ4n) is 1.16. The van der Waals surface area contributed by atoms with Gasteiger partial charge in [-0.1, -0.05) is 0 Å². The third kappa shape index (κ3) is 4.22. The van der Waals surface area contributed by atoms with Crippen LogP contribution in [0.2, 0.25) is 0 Å². The van der Waals surface area contributed by atoms with E-state index in [1.54, 1.807) is 24.3 Å².